The molecule has 0 aliphatic carbocycles. The fourth-order valence-corrected chi connectivity index (χ4v) is 1.08. The molecule has 82 valence electrons. The van der Waals surface area contributed by atoms with Crippen molar-refractivity contribution in [3.63, 3.8) is 0 Å². The minimum atomic E-state index is -1.01. The number of nitrogens with one attached hydrogen (secondary N) is 1. The van der Waals surface area contributed by atoms with Crippen LogP contribution in [0.4, 0.5) is 14.5 Å². The van der Waals surface area contributed by atoms with E-state index in [-0.39, 0.29) is 5.69 Å². The van der Waals surface area contributed by atoms with E-state index in [1.807, 2.05) is 0 Å². The Morgan fingerprint density at radius 2 is 2.13 bits per heavy atom. The van der Waals surface area contributed by atoms with Gasteiger partial charge in [-0.1, -0.05) is 6.07 Å². The summed E-state index contributed by atoms with van der Waals surface area (Å²) < 4.78 is 30.4. The maximum absolute atomic E-state index is 13.1. The molecule has 0 radical (unpaired) electrons. The highest BCUT2D eigenvalue weighted by Gasteiger charge is 2.15. The Labute approximate surface area is 86.0 Å². The Kier molecular flexibility index (Phi) is 3.60. The van der Waals surface area contributed by atoms with Gasteiger partial charge in [0.2, 0.25) is 0 Å². The van der Waals surface area contributed by atoms with E-state index in [0.29, 0.717) is 0 Å². The van der Waals surface area contributed by atoms with Crippen LogP contribution in [-0.2, 0) is 9.53 Å². The van der Waals surface area contributed by atoms with Gasteiger partial charge >= 0.3 is 5.97 Å². The Morgan fingerprint density at radius 3 is 2.73 bits per heavy atom. The van der Waals surface area contributed by atoms with Crippen LogP contribution in [0.25, 0.3) is 0 Å². The standard InChI is InChI=1S/C10H11F2NO2/c1-6(10(14)15-2)13-8-5-3-4-7(11)9(8)12/h3-6,13H,1-2H3. The van der Waals surface area contributed by atoms with Gasteiger partial charge in [0.05, 0.1) is 12.8 Å². The van der Waals surface area contributed by atoms with Crippen molar-refractivity contribution in [3.05, 3.63) is 29.8 Å². The molecule has 1 unspecified atom stereocenters. The molecule has 3 nitrogen and oxygen atoms in total. The molecule has 5 heteroatoms. The van der Waals surface area contributed by atoms with E-state index in [1.54, 1.807) is 0 Å². The first-order valence-corrected chi connectivity index (χ1v) is 4.34. The summed E-state index contributed by atoms with van der Waals surface area (Å²) in [6.07, 6.45) is 0. The monoisotopic (exact) mass is 215 g/mol. The minimum absolute atomic E-state index is 0.0621. The van der Waals surface area contributed by atoms with E-state index in [0.717, 1.165) is 6.07 Å². The van der Waals surface area contributed by atoms with Crippen LogP contribution in [0.5, 0.6) is 0 Å². The minimum Gasteiger partial charge on any atom is -0.467 e. The number of rotatable bonds is 3. The Balaban J connectivity index is 2.81. The maximum atomic E-state index is 13.1. The van der Waals surface area contributed by atoms with Crippen LogP contribution in [0.2, 0.25) is 0 Å². The lowest BCUT2D eigenvalue weighted by Crippen LogP contribution is -2.27. The van der Waals surface area contributed by atoms with Crippen molar-refractivity contribution < 1.29 is 18.3 Å². The third kappa shape index (κ3) is 2.65. The molecule has 0 heterocycles. The molecule has 0 bridgehead atoms. The number of methoxy groups -OCH3 is 1. The summed E-state index contributed by atoms with van der Waals surface area (Å²) in [7, 11) is 1.22. The van der Waals surface area contributed by atoms with Crippen molar-refractivity contribution in [1.82, 2.24) is 0 Å². The van der Waals surface area contributed by atoms with Gasteiger partial charge in [-0.25, -0.2) is 13.6 Å². The molecular formula is C10H11F2NO2. The first-order chi connectivity index (χ1) is 7.06. The van der Waals surface area contributed by atoms with Gasteiger partial charge in [-0.05, 0) is 19.1 Å². The zero-order valence-electron chi connectivity index (χ0n) is 8.38. The van der Waals surface area contributed by atoms with Crippen molar-refractivity contribution in [2.45, 2.75) is 13.0 Å². The highest BCUT2D eigenvalue weighted by atomic mass is 19.2. The number of ether oxygens (including phenoxy) is 1. The predicted octanol–water partition coefficient (Wildman–Crippen LogP) is 1.94. The molecule has 1 N–H and O–H groups in total. The molecule has 1 atom stereocenters. The van der Waals surface area contributed by atoms with Crippen molar-refractivity contribution in [2.24, 2.45) is 0 Å². The summed E-state index contributed by atoms with van der Waals surface area (Å²) in [6.45, 7) is 1.50. The molecule has 1 rings (SSSR count). The first kappa shape index (κ1) is 11.4. The van der Waals surface area contributed by atoms with Crippen molar-refractivity contribution in [3.8, 4) is 0 Å². The van der Waals surface area contributed by atoms with Crippen LogP contribution in [0.15, 0.2) is 18.2 Å². The summed E-state index contributed by atoms with van der Waals surface area (Å²) >= 11 is 0. The average Bonchev–Trinajstić information content (AvgIpc) is 2.23. The van der Waals surface area contributed by atoms with Crippen LogP contribution in [0, 0.1) is 11.6 Å². The molecule has 1 aromatic rings. The van der Waals surface area contributed by atoms with E-state index < -0.39 is 23.6 Å². The number of carbonyl (C=O) groups is 1. The molecule has 0 aliphatic heterocycles. The average molecular weight is 215 g/mol. The van der Waals surface area contributed by atoms with Gasteiger partial charge in [0.15, 0.2) is 11.6 Å². The van der Waals surface area contributed by atoms with Crippen molar-refractivity contribution in [2.75, 3.05) is 12.4 Å². The number of anilines is 1. The highest BCUT2D eigenvalue weighted by Crippen LogP contribution is 2.17. The van der Waals surface area contributed by atoms with Gasteiger partial charge in [-0.2, -0.15) is 0 Å². The fraction of sp³-hybridized carbons (Fsp3) is 0.300. The molecule has 0 aliphatic rings. The number of benzene rings is 1. The van der Waals surface area contributed by atoms with Gasteiger partial charge in [0.1, 0.15) is 6.04 Å². The number of hydrogen-bond acceptors (Lipinski definition) is 3. The van der Waals surface area contributed by atoms with Crippen LogP contribution in [0.1, 0.15) is 6.92 Å². The lowest BCUT2D eigenvalue weighted by atomic mass is 10.2. The third-order valence-corrected chi connectivity index (χ3v) is 1.88. The van der Waals surface area contributed by atoms with Crippen LogP contribution >= 0.6 is 0 Å². The van der Waals surface area contributed by atoms with Gasteiger partial charge in [-0.15, -0.1) is 0 Å². The molecule has 1 aromatic carbocycles. The van der Waals surface area contributed by atoms with Gasteiger partial charge in [-0.3, -0.25) is 0 Å². The van der Waals surface area contributed by atoms with Crippen molar-refractivity contribution in [1.29, 1.82) is 0 Å². The van der Waals surface area contributed by atoms with E-state index in [2.05, 4.69) is 10.1 Å². The number of halogens is 2. The molecule has 0 saturated heterocycles. The summed E-state index contributed by atoms with van der Waals surface area (Å²) in [5, 5.41) is 2.51. The summed E-state index contributed by atoms with van der Waals surface area (Å²) in [5.41, 5.74) is -0.0621. The second kappa shape index (κ2) is 4.72. The van der Waals surface area contributed by atoms with Crippen LogP contribution < -0.4 is 5.32 Å². The van der Waals surface area contributed by atoms with Crippen molar-refractivity contribution >= 4 is 11.7 Å². The third-order valence-electron chi connectivity index (χ3n) is 1.88. The van der Waals surface area contributed by atoms with Crippen LogP contribution in [0.3, 0.4) is 0 Å². The molecule has 0 spiro atoms. The molecule has 0 amide bonds. The predicted molar refractivity (Wildman–Crippen MR) is 51.5 cm³/mol. The lowest BCUT2D eigenvalue weighted by Gasteiger charge is -2.13. The molecule has 0 fully saturated rings. The SMILES string of the molecule is COC(=O)C(C)Nc1cccc(F)c1F. The summed E-state index contributed by atoms with van der Waals surface area (Å²) in [5.74, 6) is -2.51. The quantitative estimate of drug-likeness (QED) is 0.783. The highest BCUT2D eigenvalue weighted by molar-refractivity contribution is 5.78. The smallest absolute Gasteiger partial charge is 0.327 e. The largest absolute Gasteiger partial charge is 0.467 e. The Morgan fingerprint density at radius 1 is 1.47 bits per heavy atom. The second-order valence-corrected chi connectivity index (χ2v) is 2.99. The molecule has 15 heavy (non-hydrogen) atoms. The van der Waals surface area contributed by atoms with Crippen LogP contribution in [-0.4, -0.2) is 19.1 Å². The zero-order valence-corrected chi connectivity index (χ0v) is 8.38. The van der Waals surface area contributed by atoms with Gasteiger partial charge in [0, 0.05) is 0 Å². The number of esters is 1. The fourth-order valence-electron chi connectivity index (χ4n) is 1.08. The maximum Gasteiger partial charge on any atom is 0.327 e. The summed E-state index contributed by atoms with van der Waals surface area (Å²) in [6, 6.07) is 2.97. The van der Waals surface area contributed by atoms with Gasteiger partial charge < -0.3 is 10.1 Å². The van der Waals surface area contributed by atoms with E-state index in [4.69, 9.17) is 0 Å². The summed E-state index contributed by atoms with van der Waals surface area (Å²) in [4.78, 5) is 11.0. The Hall–Kier alpha value is -1.65. The normalized spacial score (nSPS) is 12.0. The van der Waals surface area contributed by atoms with E-state index in [9.17, 15) is 13.6 Å². The topological polar surface area (TPSA) is 38.3 Å². The molecule has 0 saturated carbocycles. The first-order valence-electron chi connectivity index (χ1n) is 4.34. The lowest BCUT2D eigenvalue weighted by molar-refractivity contribution is -0.141. The molecular weight excluding hydrogens is 204 g/mol. The Bertz CT molecular complexity index is 368. The second-order valence-electron chi connectivity index (χ2n) is 2.99. The number of hydrogen-bond donors (Lipinski definition) is 1. The van der Waals surface area contributed by atoms with E-state index >= 15 is 0 Å². The zero-order chi connectivity index (χ0) is 11.4. The van der Waals surface area contributed by atoms with E-state index in [1.165, 1.54) is 26.2 Å². The molecule has 0 aromatic heterocycles. The number of carbonyl (C=O) groups excluding carboxylic acids is 1. The van der Waals surface area contributed by atoms with Gasteiger partial charge in [0.25, 0.3) is 0 Å².